The van der Waals surface area contributed by atoms with Crippen LogP contribution in [0.15, 0.2) is 41.2 Å². The molecule has 2 aromatic rings. The van der Waals surface area contributed by atoms with Crippen molar-refractivity contribution in [2.75, 3.05) is 11.4 Å². The molecule has 1 amide bonds. The van der Waals surface area contributed by atoms with Gasteiger partial charge in [-0.25, -0.2) is 0 Å². The second-order valence-corrected chi connectivity index (χ2v) is 7.31. The number of nitrogens with zero attached hydrogens (tertiary/aromatic N) is 1. The molecule has 1 aromatic heterocycles. The molecule has 0 bridgehead atoms. The Labute approximate surface area is 136 Å². The Balaban J connectivity index is 2.04. The summed E-state index contributed by atoms with van der Waals surface area (Å²) in [5.41, 5.74) is 3.12. The maximum absolute atomic E-state index is 13.0. The number of rotatable bonds is 1. The first-order chi connectivity index (χ1) is 10.8. The molecule has 1 N–H and O–H groups in total. The summed E-state index contributed by atoms with van der Waals surface area (Å²) >= 11 is 0. The molecule has 3 rings (SSSR count). The summed E-state index contributed by atoms with van der Waals surface area (Å²) in [6.45, 7) is 9.01. The highest BCUT2D eigenvalue weighted by Crippen LogP contribution is 2.45. The van der Waals surface area contributed by atoms with Gasteiger partial charge >= 0.3 is 0 Å². The number of pyridine rings is 1. The van der Waals surface area contributed by atoms with Crippen molar-refractivity contribution < 1.29 is 4.79 Å². The van der Waals surface area contributed by atoms with Gasteiger partial charge in [0.2, 0.25) is 5.56 Å². The van der Waals surface area contributed by atoms with E-state index >= 15 is 0 Å². The average molecular weight is 310 g/mol. The molecular weight excluding hydrogens is 288 g/mol. The first-order valence-corrected chi connectivity index (χ1v) is 7.89. The zero-order chi connectivity index (χ0) is 16.8. The van der Waals surface area contributed by atoms with Crippen molar-refractivity contribution in [3.8, 4) is 0 Å². The molecule has 1 aromatic carbocycles. The number of amides is 1. The predicted molar refractivity (Wildman–Crippen MR) is 92.1 cm³/mol. The molecule has 1 aliphatic heterocycles. The van der Waals surface area contributed by atoms with Gasteiger partial charge < -0.3 is 9.88 Å². The Morgan fingerprint density at radius 1 is 1.22 bits per heavy atom. The van der Waals surface area contributed by atoms with E-state index in [-0.39, 0.29) is 22.8 Å². The fourth-order valence-electron chi connectivity index (χ4n) is 3.30. The molecule has 2 heterocycles. The van der Waals surface area contributed by atoms with Crippen LogP contribution in [0.1, 0.15) is 48.3 Å². The molecule has 0 aliphatic carbocycles. The summed E-state index contributed by atoms with van der Waals surface area (Å²) in [6.07, 6.45) is 0. The Bertz CT molecular complexity index is 815. The summed E-state index contributed by atoms with van der Waals surface area (Å²) in [7, 11) is 0. The van der Waals surface area contributed by atoms with E-state index in [1.165, 1.54) is 11.6 Å². The van der Waals surface area contributed by atoms with Gasteiger partial charge in [0.1, 0.15) is 0 Å². The van der Waals surface area contributed by atoms with Gasteiger partial charge in [0.05, 0.1) is 0 Å². The van der Waals surface area contributed by atoms with Gasteiger partial charge in [0.25, 0.3) is 5.91 Å². The van der Waals surface area contributed by atoms with Crippen molar-refractivity contribution in [2.45, 2.75) is 33.6 Å². The number of aromatic nitrogens is 1. The van der Waals surface area contributed by atoms with Crippen molar-refractivity contribution in [3.63, 3.8) is 0 Å². The van der Waals surface area contributed by atoms with E-state index in [0.29, 0.717) is 17.8 Å². The van der Waals surface area contributed by atoms with Crippen LogP contribution in [0.5, 0.6) is 0 Å². The number of fused-ring (bicyclic) bond motifs is 1. The lowest BCUT2D eigenvalue weighted by Crippen LogP contribution is -2.33. The van der Waals surface area contributed by atoms with Crippen LogP contribution in [-0.4, -0.2) is 17.4 Å². The molecule has 120 valence electrons. The van der Waals surface area contributed by atoms with Crippen molar-refractivity contribution in [2.24, 2.45) is 5.41 Å². The standard InChI is InChI=1S/C19H22N2O2/c1-12-9-13(10-17(22)20-12)18(23)21-11-15(19(2,3)4)14-7-5-6-8-16(14)21/h5-10,15H,11H2,1-4H3,(H,20,22). The number of hydrogen-bond donors (Lipinski definition) is 1. The van der Waals surface area contributed by atoms with Crippen LogP contribution in [0.3, 0.4) is 0 Å². The van der Waals surface area contributed by atoms with Crippen LogP contribution >= 0.6 is 0 Å². The summed E-state index contributed by atoms with van der Waals surface area (Å²) in [5, 5.41) is 0. The average Bonchev–Trinajstić information content (AvgIpc) is 2.85. The topological polar surface area (TPSA) is 53.2 Å². The summed E-state index contributed by atoms with van der Waals surface area (Å²) in [6, 6.07) is 11.2. The highest BCUT2D eigenvalue weighted by Gasteiger charge is 2.38. The van der Waals surface area contributed by atoms with E-state index in [0.717, 1.165) is 5.69 Å². The van der Waals surface area contributed by atoms with E-state index in [4.69, 9.17) is 0 Å². The lowest BCUT2D eigenvalue weighted by Gasteiger charge is -2.27. The van der Waals surface area contributed by atoms with Crippen LogP contribution in [0.25, 0.3) is 0 Å². The third-order valence-electron chi connectivity index (χ3n) is 4.48. The lowest BCUT2D eigenvalue weighted by molar-refractivity contribution is 0.0985. The van der Waals surface area contributed by atoms with Crippen molar-refractivity contribution in [3.05, 3.63) is 63.6 Å². The second kappa shape index (κ2) is 5.37. The molecule has 1 aliphatic rings. The Kier molecular flexibility index (Phi) is 3.63. The number of anilines is 1. The molecule has 0 saturated carbocycles. The largest absolute Gasteiger partial charge is 0.326 e. The van der Waals surface area contributed by atoms with Crippen LogP contribution in [-0.2, 0) is 0 Å². The van der Waals surface area contributed by atoms with Crippen molar-refractivity contribution in [1.29, 1.82) is 0 Å². The molecule has 1 unspecified atom stereocenters. The van der Waals surface area contributed by atoms with E-state index in [9.17, 15) is 9.59 Å². The molecule has 0 radical (unpaired) electrons. The predicted octanol–water partition coefficient (Wildman–Crippen LogP) is 3.47. The Morgan fingerprint density at radius 3 is 2.57 bits per heavy atom. The fraction of sp³-hybridized carbons (Fsp3) is 0.368. The number of benzene rings is 1. The monoisotopic (exact) mass is 310 g/mol. The third kappa shape index (κ3) is 2.81. The molecule has 4 heteroatoms. The SMILES string of the molecule is Cc1cc(C(=O)N2CC(C(C)(C)C)c3ccccc32)cc(=O)[nH]1. The van der Waals surface area contributed by atoms with Gasteiger partial charge in [0, 0.05) is 35.5 Å². The Morgan fingerprint density at radius 2 is 1.91 bits per heavy atom. The van der Waals surface area contributed by atoms with Crippen LogP contribution in [0, 0.1) is 12.3 Å². The highest BCUT2D eigenvalue weighted by atomic mass is 16.2. The van der Waals surface area contributed by atoms with Crippen molar-refractivity contribution in [1.82, 2.24) is 4.98 Å². The number of aromatic amines is 1. The first-order valence-electron chi connectivity index (χ1n) is 7.89. The van der Waals surface area contributed by atoms with Gasteiger partial charge in [-0.15, -0.1) is 0 Å². The minimum Gasteiger partial charge on any atom is -0.326 e. The second-order valence-electron chi connectivity index (χ2n) is 7.31. The van der Waals surface area contributed by atoms with Gasteiger partial charge in [-0.2, -0.15) is 0 Å². The zero-order valence-corrected chi connectivity index (χ0v) is 14.0. The molecule has 0 fully saturated rings. The summed E-state index contributed by atoms with van der Waals surface area (Å²) < 4.78 is 0. The van der Waals surface area contributed by atoms with Gasteiger partial charge in [-0.05, 0) is 30.0 Å². The molecular formula is C19H22N2O2. The number of para-hydroxylation sites is 1. The van der Waals surface area contributed by atoms with E-state index in [1.54, 1.807) is 17.9 Å². The smallest absolute Gasteiger partial charge is 0.258 e. The van der Waals surface area contributed by atoms with Gasteiger partial charge in [-0.1, -0.05) is 39.0 Å². The number of H-pyrrole nitrogens is 1. The van der Waals surface area contributed by atoms with Crippen LogP contribution in [0.2, 0.25) is 0 Å². The quantitative estimate of drug-likeness (QED) is 0.877. The summed E-state index contributed by atoms with van der Waals surface area (Å²) in [5.74, 6) is 0.171. The normalized spacial score (nSPS) is 17.2. The van der Waals surface area contributed by atoms with Gasteiger partial charge in [-0.3, -0.25) is 9.59 Å². The zero-order valence-electron chi connectivity index (χ0n) is 14.0. The van der Waals surface area contributed by atoms with E-state index in [2.05, 4.69) is 31.8 Å². The minimum atomic E-state index is -0.242. The molecule has 0 saturated heterocycles. The molecule has 4 nitrogen and oxygen atoms in total. The number of carbonyl (C=O) groups excluding carboxylic acids is 1. The van der Waals surface area contributed by atoms with Gasteiger partial charge in [0.15, 0.2) is 0 Å². The number of hydrogen-bond acceptors (Lipinski definition) is 2. The van der Waals surface area contributed by atoms with Crippen molar-refractivity contribution >= 4 is 11.6 Å². The van der Waals surface area contributed by atoms with E-state index < -0.39 is 0 Å². The molecule has 23 heavy (non-hydrogen) atoms. The minimum absolute atomic E-state index is 0.0647. The highest BCUT2D eigenvalue weighted by molar-refractivity contribution is 6.07. The Hall–Kier alpha value is -2.36. The maximum Gasteiger partial charge on any atom is 0.258 e. The molecule has 1 atom stereocenters. The van der Waals surface area contributed by atoms with Crippen LogP contribution < -0.4 is 10.5 Å². The fourth-order valence-corrected chi connectivity index (χ4v) is 3.30. The number of carbonyl (C=O) groups is 1. The summed E-state index contributed by atoms with van der Waals surface area (Å²) in [4.78, 5) is 29.1. The number of aryl methyl sites for hydroxylation is 1. The first kappa shape index (κ1) is 15.5. The number of nitrogens with one attached hydrogen (secondary N) is 1. The maximum atomic E-state index is 13.0. The van der Waals surface area contributed by atoms with E-state index in [1.807, 2.05) is 18.2 Å². The molecule has 0 spiro atoms. The third-order valence-corrected chi connectivity index (χ3v) is 4.48. The van der Waals surface area contributed by atoms with Crippen LogP contribution in [0.4, 0.5) is 5.69 Å². The lowest BCUT2D eigenvalue weighted by atomic mass is 9.78.